The highest BCUT2D eigenvalue weighted by atomic mass is 35.5. The summed E-state index contributed by atoms with van der Waals surface area (Å²) in [5, 5.41) is 7.62. The lowest BCUT2D eigenvalue weighted by Crippen LogP contribution is -2.62. The topological polar surface area (TPSA) is 305 Å². The lowest BCUT2D eigenvalue weighted by Gasteiger charge is -2.43. The maximum absolute atomic E-state index is 12.9. The molecular weight excluding hydrogens is 1360 g/mol. The minimum absolute atomic E-state index is 0.0589. The van der Waals surface area contributed by atoms with E-state index in [1.807, 2.05) is 166 Å². The number of hydrogen-bond acceptors (Lipinski definition) is 21. The van der Waals surface area contributed by atoms with Crippen molar-refractivity contribution < 1.29 is 90.6 Å². The van der Waals surface area contributed by atoms with Gasteiger partial charge in [-0.05, 0) is 115 Å². The number of benzene rings is 5. The number of ether oxygens (including phenoxy) is 8. The van der Waals surface area contributed by atoms with Crippen LogP contribution in [-0.4, -0.2) is 180 Å². The molecule has 3 aliphatic rings. The molecule has 27 nitrogen and oxygen atoms in total. The Morgan fingerprint density at radius 1 is 0.520 bits per heavy atom. The molecule has 3 atom stereocenters. The summed E-state index contributed by atoms with van der Waals surface area (Å²) >= 11 is 14.3. The monoisotopic (exact) mass is 1450 g/mol. The SMILES string of the molecule is C=CC(=O)OCc1ccccc1.CCCN(C)C(=O)N1[C@H](C(=O)OC)CCCN1C(=O)OCc1ccccc1.CNCCC(=O)OCc1ccccc1.COC(=O)[C@@H]1CCCN(C(=O)OCc2ccccc2)N1.COC(=O)[C@@H]1CCCN(C(=O)OCc2ccccc2)N1C(=O)Cl.O=C(Cl)Cl. The molecule has 30 heteroatoms. The average molecular weight is 1450 g/mol. The number of esters is 5. The van der Waals surface area contributed by atoms with Crippen LogP contribution in [0.4, 0.5) is 28.8 Å². The molecule has 0 spiro atoms. The van der Waals surface area contributed by atoms with Crippen molar-refractivity contribution >= 4 is 99.0 Å². The summed E-state index contributed by atoms with van der Waals surface area (Å²) in [5.41, 5.74) is 7.39. The third-order valence-electron chi connectivity index (χ3n) is 14.2. The van der Waals surface area contributed by atoms with Gasteiger partial charge in [0.05, 0.1) is 27.8 Å². The van der Waals surface area contributed by atoms with Crippen LogP contribution < -0.4 is 10.7 Å². The minimum Gasteiger partial charge on any atom is -0.468 e. The number of nitrogens with zero attached hydrogens (tertiary/aromatic N) is 6. The summed E-state index contributed by atoms with van der Waals surface area (Å²) in [4.78, 5) is 129. The number of halogens is 3. The zero-order valence-corrected chi connectivity index (χ0v) is 59.0. The number of methoxy groups -OCH3 is 3. The van der Waals surface area contributed by atoms with Crippen molar-refractivity contribution in [1.29, 1.82) is 0 Å². The Bertz CT molecular complexity index is 3320. The highest BCUT2D eigenvalue weighted by Crippen LogP contribution is 2.25. The summed E-state index contributed by atoms with van der Waals surface area (Å²) < 4.78 is 38.9. The molecule has 0 aliphatic carbocycles. The molecule has 3 fully saturated rings. The second-order valence-corrected chi connectivity index (χ2v) is 22.6. The fourth-order valence-corrected chi connectivity index (χ4v) is 9.44. The molecule has 0 aromatic heterocycles. The Hall–Kier alpha value is -9.80. The fourth-order valence-electron chi connectivity index (χ4n) is 9.23. The molecule has 3 aliphatic heterocycles. The van der Waals surface area contributed by atoms with Gasteiger partial charge in [-0.3, -0.25) is 19.2 Å². The van der Waals surface area contributed by atoms with Gasteiger partial charge in [0.1, 0.15) is 39.1 Å². The lowest BCUT2D eigenvalue weighted by molar-refractivity contribution is -0.155. The Morgan fingerprint density at radius 2 is 0.880 bits per heavy atom. The lowest BCUT2D eigenvalue weighted by atomic mass is 10.1. The van der Waals surface area contributed by atoms with Crippen LogP contribution >= 0.6 is 34.8 Å². The molecular formula is C70H87Cl3N8O19. The van der Waals surface area contributed by atoms with Crippen LogP contribution in [0.25, 0.3) is 0 Å². The summed E-state index contributed by atoms with van der Waals surface area (Å²) in [7, 11) is 7.27. The third kappa shape index (κ3) is 32.3. The van der Waals surface area contributed by atoms with Crippen LogP contribution in [0.15, 0.2) is 164 Å². The van der Waals surface area contributed by atoms with E-state index in [-0.39, 0.29) is 44.3 Å². The minimum atomic E-state index is -0.934. The summed E-state index contributed by atoms with van der Waals surface area (Å²) in [5.74, 6) is -2.10. The van der Waals surface area contributed by atoms with E-state index in [0.29, 0.717) is 77.9 Å². The quantitative estimate of drug-likeness (QED) is 0.0255. The summed E-state index contributed by atoms with van der Waals surface area (Å²) in [6.45, 7) is 8.50. The Morgan fingerprint density at radius 3 is 1.25 bits per heavy atom. The van der Waals surface area contributed by atoms with Crippen LogP contribution in [-0.2, 0) is 94.9 Å². The number of amides is 6. The van der Waals surface area contributed by atoms with Crippen LogP contribution in [0.2, 0.25) is 0 Å². The van der Waals surface area contributed by atoms with Gasteiger partial charge >= 0.3 is 64.2 Å². The molecule has 0 saturated carbocycles. The van der Waals surface area contributed by atoms with Gasteiger partial charge in [-0.15, -0.1) is 0 Å². The maximum atomic E-state index is 12.9. The van der Waals surface area contributed by atoms with Gasteiger partial charge in [0.2, 0.25) is 0 Å². The second kappa shape index (κ2) is 48.8. The van der Waals surface area contributed by atoms with E-state index in [1.165, 1.54) is 41.3 Å². The van der Waals surface area contributed by atoms with Crippen molar-refractivity contribution in [1.82, 2.24) is 40.7 Å². The molecule has 2 N–H and O–H groups in total. The molecule has 100 heavy (non-hydrogen) atoms. The van der Waals surface area contributed by atoms with Gasteiger partial charge < -0.3 is 48.1 Å². The average Bonchev–Trinajstić information content (AvgIpc) is 0.808. The molecule has 0 radical (unpaired) electrons. The standard InChI is InChI=1S/C19H27N3O5.C15H17ClN2O5.C14H18N2O4.C11H15NO2.C10H10O2.CCl2O/c1-4-12-20(2)18(24)22-16(17(23)26-3)11-8-13-21(22)19(25)27-14-15-9-6-5-7-10-15;1-22-13(19)12-8-5-9-17(18(12)14(16)20)15(21)23-10-11-6-3-2-4-7-11;1-19-13(17)12-8-5-9-16(15-12)14(18)20-10-11-6-3-2-4-7-11;1-12-8-7-11(13)14-9-10-5-3-2-4-6-10;1-2-10(11)12-8-9-6-4-3-5-7-9;2-1(3)4/h5-7,9-10,16H,4,8,11-14H2,1-3H3;2-4,6-7,12H,5,8-10H2,1H3;2-4,6-7,12,15H,5,8-10H2,1H3;2-6,12H,7-9H2,1H3;2-7H,1,8H2;/t16-;2*12-;;;/m000.../s1. The maximum Gasteiger partial charge on any atom is 0.429 e. The van der Waals surface area contributed by atoms with Gasteiger partial charge in [0.25, 0.3) is 0 Å². The van der Waals surface area contributed by atoms with Crippen LogP contribution in [0.5, 0.6) is 0 Å². The van der Waals surface area contributed by atoms with Crippen molar-refractivity contribution in [3.8, 4) is 0 Å². The van der Waals surface area contributed by atoms with Gasteiger partial charge in [-0.25, -0.2) is 64.0 Å². The van der Waals surface area contributed by atoms with Crippen molar-refractivity contribution in [3.63, 3.8) is 0 Å². The van der Waals surface area contributed by atoms with Crippen molar-refractivity contribution in [2.24, 2.45) is 0 Å². The van der Waals surface area contributed by atoms with Crippen LogP contribution in [0.3, 0.4) is 0 Å². The van der Waals surface area contributed by atoms with E-state index in [4.69, 9.17) is 44.8 Å². The smallest absolute Gasteiger partial charge is 0.429 e. The third-order valence-corrected chi connectivity index (χ3v) is 14.3. The van der Waals surface area contributed by atoms with Gasteiger partial charge in [-0.2, -0.15) is 0 Å². The first-order valence-corrected chi connectivity index (χ1v) is 32.8. The molecule has 3 saturated heterocycles. The van der Waals surface area contributed by atoms with Gasteiger partial charge in [0, 0.05) is 45.8 Å². The number of urea groups is 1. The molecule has 3 heterocycles. The number of hydrazine groups is 3. The zero-order valence-electron chi connectivity index (χ0n) is 56.8. The largest absolute Gasteiger partial charge is 0.468 e. The summed E-state index contributed by atoms with van der Waals surface area (Å²) in [6.07, 6.45) is 3.73. The normalized spacial score (nSPS) is 14.9. The van der Waals surface area contributed by atoms with Gasteiger partial charge in [0.15, 0.2) is 12.1 Å². The number of nitrogens with one attached hydrogen (secondary N) is 2. The first-order chi connectivity index (χ1) is 48.1. The highest BCUT2D eigenvalue weighted by molar-refractivity contribution is 6.93. The van der Waals surface area contributed by atoms with Crippen molar-refractivity contribution in [2.45, 2.75) is 109 Å². The van der Waals surface area contributed by atoms with E-state index in [2.05, 4.69) is 50.0 Å². The molecule has 0 bridgehead atoms. The Labute approximate surface area is 597 Å². The second-order valence-electron chi connectivity index (χ2n) is 21.4. The predicted molar refractivity (Wildman–Crippen MR) is 370 cm³/mol. The molecule has 5 aromatic carbocycles. The Balaban J connectivity index is 0.000000328. The van der Waals surface area contributed by atoms with Crippen LogP contribution in [0, 0.1) is 0 Å². The number of rotatable bonds is 19. The molecule has 6 amide bonds. The van der Waals surface area contributed by atoms with Crippen molar-refractivity contribution in [2.75, 3.05) is 68.1 Å². The first-order valence-electron chi connectivity index (χ1n) is 31.6. The molecule has 8 rings (SSSR count). The van der Waals surface area contributed by atoms with E-state index in [1.54, 1.807) is 7.05 Å². The van der Waals surface area contributed by atoms with E-state index in [9.17, 15) is 47.9 Å². The van der Waals surface area contributed by atoms with E-state index >= 15 is 0 Å². The fraction of sp³-hybridized carbons (Fsp3) is 0.386. The highest BCUT2D eigenvalue weighted by Gasteiger charge is 2.43. The predicted octanol–water partition coefficient (Wildman–Crippen LogP) is 11.5. The summed E-state index contributed by atoms with van der Waals surface area (Å²) in [6, 6.07) is 44.3. The zero-order chi connectivity index (χ0) is 73.6. The number of carbonyl (C=O) groups excluding carboxylic acids is 11. The van der Waals surface area contributed by atoms with E-state index < -0.39 is 64.4 Å². The number of carbonyl (C=O) groups is 11. The van der Waals surface area contributed by atoms with Gasteiger partial charge in [-0.1, -0.05) is 165 Å². The Kier molecular flexibility index (Phi) is 41.2. The number of hydrogen-bond donors (Lipinski definition) is 2. The van der Waals surface area contributed by atoms with Crippen molar-refractivity contribution in [3.05, 3.63) is 192 Å². The molecule has 542 valence electrons. The first kappa shape index (κ1) is 84.4. The molecule has 0 unspecified atom stereocenters. The van der Waals surface area contributed by atoms with Crippen LogP contribution in [0.1, 0.15) is 86.1 Å². The van der Waals surface area contributed by atoms with E-state index in [0.717, 1.165) is 56.8 Å². The molecule has 5 aromatic rings.